The molecule has 1 fully saturated rings. The largest absolute Gasteiger partial charge is 0.394 e. The van der Waals surface area contributed by atoms with Gasteiger partial charge >= 0.3 is 0 Å². The number of carbonyl (C=O) groups excluding carboxylic acids is 1. The quantitative estimate of drug-likeness (QED) is 0.788. The maximum atomic E-state index is 11.8. The van der Waals surface area contributed by atoms with E-state index in [1.54, 1.807) is 0 Å². The lowest BCUT2D eigenvalue weighted by molar-refractivity contribution is -0.133. The maximum Gasteiger partial charge on any atom is 0.246 e. The Kier molecular flexibility index (Phi) is 4.95. The summed E-state index contributed by atoms with van der Waals surface area (Å²) in [5.41, 5.74) is -0.715. The zero-order valence-corrected chi connectivity index (χ0v) is 11.2. The predicted octanol–water partition coefficient (Wildman–Crippen LogP) is 1.61. The van der Waals surface area contributed by atoms with Crippen LogP contribution in [0.3, 0.4) is 0 Å². The molecular formula is C13H25NO3. The van der Waals surface area contributed by atoms with Crippen molar-refractivity contribution in [2.24, 2.45) is 0 Å². The van der Waals surface area contributed by atoms with Crippen molar-refractivity contribution in [2.75, 3.05) is 13.2 Å². The van der Waals surface area contributed by atoms with Crippen molar-refractivity contribution in [2.45, 2.75) is 64.0 Å². The van der Waals surface area contributed by atoms with Crippen LogP contribution >= 0.6 is 0 Å². The molecule has 0 aromatic rings. The van der Waals surface area contributed by atoms with Gasteiger partial charge in [-0.05, 0) is 33.6 Å². The van der Waals surface area contributed by atoms with E-state index in [-0.39, 0.29) is 24.7 Å². The minimum atomic E-state index is -0.406. The number of nitrogens with one attached hydrogen (secondary N) is 1. The summed E-state index contributed by atoms with van der Waals surface area (Å²) in [6, 6.07) is 0. The summed E-state index contributed by atoms with van der Waals surface area (Å²) in [6.07, 6.45) is 5.06. The Morgan fingerprint density at radius 1 is 1.29 bits per heavy atom. The second-order valence-electron chi connectivity index (χ2n) is 5.95. The molecule has 1 amide bonds. The summed E-state index contributed by atoms with van der Waals surface area (Å²) < 4.78 is 5.43. The monoisotopic (exact) mass is 243 g/mol. The average molecular weight is 243 g/mol. The van der Waals surface area contributed by atoms with E-state index in [9.17, 15) is 9.90 Å². The fourth-order valence-electron chi connectivity index (χ4n) is 2.17. The lowest BCUT2D eigenvalue weighted by Crippen LogP contribution is -2.53. The van der Waals surface area contributed by atoms with Crippen molar-refractivity contribution >= 4 is 5.91 Å². The number of hydrogen-bond donors (Lipinski definition) is 2. The van der Waals surface area contributed by atoms with E-state index < -0.39 is 5.54 Å². The molecule has 1 aliphatic carbocycles. The molecule has 0 spiro atoms. The van der Waals surface area contributed by atoms with Gasteiger partial charge in [0.05, 0.1) is 17.7 Å². The van der Waals surface area contributed by atoms with Gasteiger partial charge in [-0.3, -0.25) is 4.79 Å². The van der Waals surface area contributed by atoms with E-state index in [0.29, 0.717) is 0 Å². The smallest absolute Gasteiger partial charge is 0.246 e. The summed E-state index contributed by atoms with van der Waals surface area (Å²) in [5.74, 6) is -0.129. The molecule has 4 heteroatoms. The maximum absolute atomic E-state index is 11.8. The summed E-state index contributed by atoms with van der Waals surface area (Å²) in [7, 11) is 0. The topological polar surface area (TPSA) is 58.6 Å². The Labute approximate surface area is 104 Å². The van der Waals surface area contributed by atoms with Crippen LogP contribution in [-0.2, 0) is 9.53 Å². The van der Waals surface area contributed by atoms with Crippen LogP contribution in [0.4, 0.5) is 0 Å². The standard InChI is InChI=1S/C13H25NO3/c1-12(2,3)17-9-11(16)14-13(10-15)7-5-4-6-8-13/h15H,4-10H2,1-3H3,(H,14,16). The van der Waals surface area contributed by atoms with Crippen LogP contribution in [0.2, 0.25) is 0 Å². The van der Waals surface area contributed by atoms with Crippen LogP contribution in [-0.4, -0.2) is 35.4 Å². The van der Waals surface area contributed by atoms with Gasteiger partial charge < -0.3 is 15.2 Å². The third-order valence-electron chi connectivity index (χ3n) is 3.15. The molecule has 17 heavy (non-hydrogen) atoms. The first-order chi connectivity index (χ1) is 7.87. The molecular weight excluding hydrogens is 218 g/mol. The van der Waals surface area contributed by atoms with Crippen LogP contribution in [0.25, 0.3) is 0 Å². The van der Waals surface area contributed by atoms with Gasteiger partial charge in [0.15, 0.2) is 0 Å². The fourth-order valence-corrected chi connectivity index (χ4v) is 2.17. The molecule has 0 bridgehead atoms. The lowest BCUT2D eigenvalue weighted by Gasteiger charge is -2.36. The molecule has 0 heterocycles. The molecule has 0 aromatic heterocycles. The molecule has 100 valence electrons. The zero-order chi connectivity index (χ0) is 12.9. The van der Waals surface area contributed by atoms with Crippen molar-refractivity contribution < 1.29 is 14.6 Å². The number of amides is 1. The molecule has 2 N–H and O–H groups in total. The number of ether oxygens (including phenoxy) is 1. The second kappa shape index (κ2) is 5.83. The van der Waals surface area contributed by atoms with E-state index in [0.717, 1.165) is 25.7 Å². The van der Waals surface area contributed by atoms with Gasteiger partial charge in [0.25, 0.3) is 0 Å². The van der Waals surface area contributed by atoms with Crippen LogP contribution in [0.15, 0.2) is 0 Å². The zero-order valence-electron chi connectivity index (χ0n) is 11.2. The number of aliphatic hydroxyl groups is 1. The summed E-state index contributed by atoms with van der Waals surface area (Å²) in [5, 5.41) is 12.4. The molecule has 0 radical (unpaired) electrons. The van der Waals surface area contributed by atoms with E-state index in [2.05, 4.69) is 5.32 Å². The van der Waals surface area contributed by atoms with Crippen molar-refractivity contribution in [3.63, 3.8) is 0 Å². The first-order valence-corrected chi connectivity index (χ1v) is 6.43. The molecule has 1 rings (SSSR count). The SMILES string of the molecule is CC(C)(C)OCC(=O)NC1(CO)CCCCC1. The lowest BCUT2D eigenvalue weighted by atomic mass is 9.82. The highest BCUT2D eigenvalue weighted by atomic mass is 16.5. The van der Waals surface area contributed by atoms with Gasteiger partial charge in [-0.2, -0.15) is 0 Å². The highest BCUT2D eigenvalue weighted by Crippen LogP contribution is 2.27. The highest BCUT2D eigenvalue weighted by Gasteiger charge is 2.32. The van der Waals surface area contributed by atoms with Crippen molar-refractivity contribution in [3.05, 3.63) is 0 Å². The van der Waals surface area contributed by atoms with E-state index >= 15 is 0 Å². The number of hydrogen-bond acceptors (Lipinski definition) is 3. The minimum Gasteiger partial charge on any atom is -0.394 e. The molecule has 4 nitrogen and oxygen atoms in total. The van der Waals surface area contributed by atoms with E-state index in [1.807, 2.05) is 20.8 Å². The van der Waals surface area contributed by atoms with Gasteiger partial charge in [-0.1, -0.05) is 19.3 Å². The van der Waals surface area contributed by atoms with Crippen LogP contribution in [0.5, 0.6) is 0 Å². The van der Waals surface area contributed by atoms with E-state index in [4.69, 9.17) is 4.74 Å². The Balaban J connectivity index is 2.42. The summed E-state index contributed by atoms with van der Waals surface area (Å²) >= 11 is 0. The predicted molar refractivity (Wildman–Crippen MR) is 66.7 cm³/mol. The first-order valence-electron chi connectivity index (χ1n) is 6.43. The first kappa shape index (κ1) is 14.5. The fraction of sp³-hybridized carbons (Fsp3) is 0.923. The molecule has 0 atom stereocenters. The highest BCUT2D eigenvalue weighted by molar-refractivity contribution is 5.78. The number of carbonyl (C=O) groups is 1. The Hall–Kier alpha value is -0.610. The van der Waals surface area contributed by atoms with Crippen LogP contribution < -0.4 is 5.32 Å². The molecule has 1 aliphatic rings. The molecule has 0 aliphatic heterocycles. The van der Waals surface area contributed by atoms with E-state index in [1.165, 1.54) is 6.42 Å². The Morgan fingerprint density at radius 3 is 2.35 bits per heavy atom. The van der Waals surface area contributed by atoms with Gasteiger partial charge in [-0.15, -0.1) is 0 Å². The van der Waals surface area contributed by atoms with Crippen molar-refractivity contribution in [1.29, 1.82) is 0 Å². The number of rotatable bonds is 4. The van der Waals surface area contributed by atoms with Crippen molar-refractivity contribution in [1.82, 2.24) is 5.32 Å². The number of aliphatic hydroxyl groups excluding tert-OH is 1. The summed E-state index contributed by atoms with van der Waals surface area (Å²) in [4.78, 5) is 11.8. The molecule has 0 saturated heterocycles. The van der Waals surface area contributed by atoms with Gasteiger partial charge in [0.2, 0.25) is 5.91 Å². The summed E-state index contributed by atoms with van der Waals surface area (Å²) in [6.45, 7) is 5.84. The Bertz CT molecular complexity index is 252. The molecule has 0 unspecified atom stereocenters. The van der Waals surface area contributed by atoms with Crippen LogP contribution in [0.1, 0.15) is 52.9 Å². The normalized spacial score (nSPS) is 20.0. The molecule has 0 aromatic carbocycles. The molecule has 1 saturated carbocycles. The minimum absolute atomic E-state index is 0.0221. The second-order valence-corrected chi connectivity index (χ2v) is 5.95. The van der Waals surface area contributed by atoms with Crippen molar-refractivity contribution in [3.8, 4) is 0 Å². The van der Waals surface area contributed by atoms with Crippen LogP contribution in [0, 0.1) is 0 Å². The van der Waals surface area contributed by atoms with Gasteiger partial charge in [-0.25, -0.2) is 0 Å². The Morgan fingerprint density at radius 2 is 1.88 bits per heavy atom. The van der Waals surface area contributed by atoms with Gasteiger partial charge in [0, 0.05) is 0 Å². The third-order valence-corrected chi connectivity index (χ3v) is 3.15. The van der Waals surface area contributed by atoms with Gasteiger partial charge in [0.1, 0.15) is 6.61 Å². The third kappa shape index (κ3) is 5.04. The average Bonchev–Trinajstić information content (AvgIpc) is 2.27.